The Bertz CT molecular complexity index is 284. The third-order valence-corrected chi connectivity index (χ3v) is 3.53. The van der Waals surface area contributed by atoms with Gasteiger partial charge in [0.15, 0.2) is 0 Å². The Morgan fingerprint density at radius 3 is 2.69 bits per heavy atom. The first-order valence-electron chi connectivity index (χ1n) is 6.04. The molecule has 0 aromatic heterocycles. The zero-order valence-electron chi connectivity index (χ0n) is 10.3. The summed E-state index contributed by atoms with van der Waals surface area (Å²) in [5.74, 6) is 0.475. The number of likely N-dealkylation sites (tertiary alicyclic amines) is 1. The van der Waals surface area contributed by atoms with Gasteiger partial charge < -0.3 is 9.84 Å². The lowest BCUT2D eigenvalue weighted by Gasteiger charge is -2.35. The van der Waals surface area contributed by atoms with E-state index in [9.17, 15) is 9.90 Å². The van der Waals surface area contributed by atoms with Crippen molar-refractivity contribution in [2.75, 3.05) is 6.61 Å². The van der Waals surface area contributed by atoms with Gasteiger partial charge in [0.1, 0.15) is 5.60 Å². The Morgan fingerprint density at radius 1 is 1.44 bits per heavy atom. The van der Waals surface area contributed by atoms with E-state index < -0.39 is 5.60 Å². The van der Waals surface area contributed by atoms with Gasteiger partial charge in [-0.25, -0.2) is 4.79 Å². The maximum absolute atomic E-state index is 12.0. The normalized spacial score (nSPS) is 33.2. The maximum atomic E-state index is 12.0. The summed E-state index contributed by atoms with van der Waals surface area (Å²) in [6, 6.07) is 0.269. The standard InChI is InChI=1S/C12H21NO3/c1-12(2,3)16-11(15)13-9-5-4-8(6-9)10(13)7-14/h8-10,14H,4-7H2,1-3H3/t8-,9-,10-/m0/s1. The van der Waals surface area contributed by atoms with E-state index in [1.165, 1.54) is 0 Å². The van der Waals surface area contributed by atoms with E-state index in [1.54, 1.807) is 4.90 Å². The SMILES string of the molecule is CC(C)(C)OC(=O)N1[C@H]2CC[C@@H](C2)[C@@H]1CO. The Balaban J connectivity index is 2.06. The van der Waals surface area contributed by atoms with Crippen molar-refractivity contribution in [3.63, 3.8) is 0 Å². The fourth-order valence-corrected chi connectivity index (χ4v) is 2.93. The van der Waals surface area contributed by atoms with Gasteiger partial charge in [0, 0.05) is 6.04 Å². The highest BCUT2D eigenvalue weighted by molar-refractivity contribution is 5.69. The van der Waals surface area contributed by atoms with Crippen molar-refractivity contribution in [1.82, 2.24) is 4.90 Å². The van der Waals surface area contributed by atoms with Crippen LogP contribution in [0.15, 0.2) is 0 Å². The molecule has 4 heteroatoms. The minimum Gasteiger partial charge on any atom is -0.444 e. The molecule has 4 nitrogen and oxygen atoms in total. The largest absolute Gasteiger partial charge is 0.444 e. The molecule has 0 aromatic carbocycles. The van der Waals surface area contributed by atoms with Crippen LogP contribution in [0.25, 0.3) is 0 Å². The highest BCUT2D eigenvalue weighted by Crippen LogP contribution is 2.42. The molecular weight excluding hydrogens is 206 g/mol. The third kappa shape index (κ3) is 2.03. The van der Waals surface area contributed by atoms with Gasteiger partial charge in [-0.15, -0.1) is 0 Å². The first kappa shape index (κ1) is 11.7. The molecule has 1 aliphatic carbocycles. The Morgan fingerprint density at radius 2 is 2.12 bits per heavy atom. The van der Waals surface area contributed by atoms with Crippen molar-refractivity contribution < 1.29 is 14.6 Å². The number of aliphatic hydroxyl groups excluding tert-OH is 1. The van der Waals surface area contributed by atoms with Crippen LogP contribution in [-0.4, -0.2) is 40.4 Å². The number of nitrogens with zero attached hydrogens (tertiary/aromatic N) is 1. The summed E-state index contributed by atoms with van der Waals surface area (Å²) in [7, 11) is 0. The van der Waals surface area contributed by atoms with Gasteiger partial charge >= 0.3 is 6.09 Å². The minimum absolute atomic E-state index is 0.0198. The van der Waals surface area contributed by atoms with Crippen molar-refractivity contribution in [1.29, 1.82) is 0 Å². The Labute approximate surface area is 96.6 Å². The van der Waals surface area contributed by atoms with Crippen molar-refractivity contribution >= 4 is 6.09 Å². The van der Waals surface area contributed by atoms with E-state index in [2.05, 4.69) is 0 Å². The van der Waals surface area contributed by atoms with Gasteiger partial charge in [0.25, 0.3) is 0 Å². The number of amides is 1. The van der Waals surface area contributed by atoms with Crippen LogP contribution in [0.1, 0.15) is 40.0 Å². The van der Waals surface area contributed by atoms with Crippen LogP contribution in [0.2, 0.25) is 0 Å². The molecule has 2 fully saturated rings. The third-order valence-electron chi connectivity index (χ3n) is 3.53. The second kappa shape index (κ2) is 3.91. The highest BCUT2D eigenvalue weighted by atomic mass is 16.6. The van der Waals surface area contributed by atoms with Gasteiger partial charge in [-0.1, -0.05) is 0 Å². The van der Waals surface area contributed by atoms with Crippen LogP contribution in [0.3, 0.4) is 0 Å². The van der Waals surface area contributed by atoms with Crippen LogP contribution in [0.4, 0.5) is 4.79 Å². The van der Waals surface area contributed by atoms with Crippen molar-refractivity contribution in [2.45, 2.75) is 57.7 Å². The van der Waals surface area contributed by atoms with E-state index in [1.807, 2.05) is 20.8 Å². The second-order valence-electron chi connectivity index (χ2n) is 5.86. The van der Waals surface area contributed by atoms with Gasteiger partial charge in [0.2, 0.25) is 0 Å². The predicted molar refractivity (Wildman–Crippen MR) is 60.1 cm³/mol. The van der Waals surface area contributed by atoms with Crippen LogP contribution in [-0.2, 0) is 4.74 Å². The van der Waals surface area contributed by atoms with E-state index in [0.29, 0.717) is 5.92 Å². The molecule has 1 amide bonds. The summed E-state index contributed by atoms with van der Waals surface area (Å²) in [5, 5.41) is 9.36. The van der Waals surface area contributed by atoms with Crippen LogP contribution in [0, 0.1) is 5.92 Å². The molecule has 0 unspecified atom stereocenters. The number of rotatable bonds is 1. The quantitative estimate of drug-likeness (QED) is 0.742. The molecule has 1 heterocycles. The van der Waals surface area contributed by atoms with Crippen LogP contribution < -0.4 is 0 Å². The summed E-state index contributed by atoms with van der Waals surface area (Å²) in [5.41, 5.74) is -0.459. The molecule has 0 spiro atoms. The summed E-state index contributed by atoms with van der Waals surface area (Å²) < 4.78 is 5.38. The number of carbonyl (C=O) groups is 1. The molecule has 1 aliphatic heterocycles. The topological polar surface area (TPSA) is 49.8 Å². The zero-order chi connectivity index (χ0) is 11.9. The second-order valence-corrected chi connectivity index (χ2v) is 5.86. The molecule has 2 aliphatic rings. The Kier molecular flexibility index (Phi) is 2.86. The number of carbonyl (C=O) groups excluding carboxylic acids is 1. The molecule has 1 N–H and O–H groups in total. The predicted octanol–water partition coefficient (Wildman–Crippen LogP) is 1.77. The number of ether oxygens (including phenoxy) is 1. The summed E-state index contributed by atoms with van der Waals surface area (Å²) in [6.07, 6.45) is 2.96. The lowest BCUT2D eigenvalue weighted by molar-refractivity contribution is -0.000465. The van der Waals surface area contributed by atoms with E-state index in [-0.39, 0.29) is 24.8 Å². The monoisotopic (exact) mass is 227 g/mol. The molecule has 1 saturated heterocycles. The van der Waals surface area contributed by atoms with Gasteiger partial charge in [0.05, 0.1) is 12.6 Å². The number of piperidine rings is 1. The smallest absolute Gasteiger partial charge is 0.410 e. The molecule has 0 radical (unpaired) electrons. The average molecular weight is 227 g/mol. The first-order chi connectivity index (χ1) is 7.42. The number of fused-ring (bicyclic) bond motifs is 2. The van der Waals surface area contributed by atoms with Crippen molar-refractivity contribution in [2.24, 2.45) is 5.92 Å². The summed E-state index contributed by atoms with van der Waals surface area (Å²) in [4.78, 5) is 13.8. The molecule has 0 aromatic rings. The molecule has 2 rings (SSSR count). The summed E-state index contributed by atoms with van der Waals surface area (Å²) in [6.45, 7) is 5.66. The van der Waals surface area contributed by atoms with E-state index in [4.69, 9.17) is 4.74 Å². The van der Waals surface area contributed by atoms with Crippen molar-refractivity contribution in [3.05, 3.63) is 0 Å². The highest BCUT2D eigenvalue weighted by Gasteiger charge is 2.48. The molecule has 3 atom stereocenters. The average Bonchev–Trinajstić information content (AvgIpc) is 2.72. The van der Waals surface area contributed by atoms with Gasteiger partial charge in [-0.05, 0) is 46.0 Å². The molecular formula is C12H21NO3. The molecule has 16 heavy (non-hydrogen) atoms. The molecule has 2 bridgehead atoms. The molecule has 1 saturated carbocycles. The number of hydrogen-bond acceptors (Lipinski definition) is 3. The van der Waals surface area contributed by atoms with Gasteiger partial charge in [-0.3, -0.25) is 4.90 Å². The van der Waals surface area contributed by atoms with Crippen molar-refractivity contribution in [3.8, 4) is 0 Å². The van der Waals surface area contributed by atoms with E-state index in [0.717, 1.165) is 19.3 Å². The first-order valence-corrected chi connectivity index (χ1v) is 6.04. The van der Waals surface area contributed by atoms with E-state index >= 15 is 0 Å². The zero-order valence-corrected chi connectivity index (χ0v) is 10.3. The van der Waals surface area contributed by atoms with Crippen LogP contribution >= 0.6 is 0 Å². The summed E-state index contributed by atoms with van der Waals surface area (Å²) >= 11 is 0. The fourth-order valence-electron chi connectivity index (χ4n) is 2.93. The molecule has 92 valence electrons. The van der Waals surface area contributed by atoms with Crippen LogP contribution in [0.5, 0.6) is 0 Å². The van der Waals surface area contributed by atoms with Gasteiger partial charge in [-0.2, -0.15) is 0 Å². The lowest BCUT2D eigenvalue weighted by atomic mass is 10.00. The number of hydrogen-bond donors (Lipinski definition) is 1. The minimum atomic E-state index is -0.459. The Hall–Kier alpha value is -0.770. The fraction of sp³-hybridized carbons (Fsp3) is 0.917. The lowest BCUT2D eigenvalue weighted by Crippen LogP contribution is -2.48. The number of aliphatic hydroxyl groups is 1. The maximum Gasteiger partial charge on any atom is 0.410 e.